The van der Waals surface area contributed by atoms with Crippen molar-refractivity contribution in [3.05, 3.63) is 30.3 Å². The first kappa shape index (κ1) is 28.5. The van der Waals surface area contributed by atoms with Crippen LogP contribution in [0.1, 0.15) is 96.8 Å². The van der Waals surface area contributed by atoms with Crippen molar-refractivity contribution in [2.45, 2.75) is 96.8 Å². The van der Waals surface area contributed by atoms with Crippen LogP contribution in [0.2, 0.25) is 0 Å². The van der Waals surface area contributed by atoms with E-state index in [4.69, 9.17) is 4.74 Å². The zero-order chi connectivity index (χ0) is 21.4. The molecular formula is C26H48BrNO. The molecule has 0 unspecified atom stereocenters. The summed E-state index contributed by atoms with van der Waals surface area (Å²) in [5.41, 5.74) is 0. The van der Waals surface area contributed by atoms with Crippen molar-refractivity contribution < 1.29 is 4.74 Å². The molecule has 0 atom stereocenters. The number of halogens is 1. The quantitative estimate of drug-likeness (QED) is 0.158. The minimum Gasteiger partial charge on any atom is -0.493 e. The lowest BCUT2D eigenvalue weighted by atomic mass is 10.0. The molecule has 0 saturated heterocycles. The molecular weight excluding hydrogens is 422 g/mol. The van der Waals surface area contributed by atoms with Gasteiger partial charge in [-0.15, -0.1) is 0 Å². The number of rotatable bonds is 18. The third kappa shape index (κ3) is 23.6. The topological polar surface area (TPSA) is 12.5 Å². The third-order valence-electron chi connectivity index (χ3n) is 5.05. The van der Waals surface area contributed by atoms with Crippen molar-refractivity contribution in [1.82, 2.24) is 4.90 Å². The van der Waals surface area contributed by atoms with E-state index in [1.54, 1.807) is 0 Å². The highest BCUT2D eigenvalue weighted by molar-refractivity contribution is 9.09. The van der Waals surface area contributed by atoms with Gasteiger partial charge >= 0.3 is 0 Å². The summed E-state index contributed by atoms with van der Waals surface area (Å²) < 4.78 is 5.31. The fourth-order valence-electron chi connectivity index (χ4n) is 3.30. The molecule has 0 aliphatic carbocycles. The molecule has 0 spiro atoms. The van der Waals surface area contributed by atoms with Gasteiger partial charge in [-0.05, 0) is 39.2 Å². The molecule has 0 radical (unpaired) electrons. The Kier molecular flexibility index (Phi) is 23.3. The van der Waals surface area contributed by atoms with E-state index in [9.17, 15) is 0 Å². The molecule has 1 aromatic rings. The van der Waals surface area contributed by atoms with Gasteiger partial charge in [0, 0.05) is 5.33 Å². The number of unbranched alkanes of at least 4 members (excludes halogenated alkanes) is 13. The van der Waals surface area contributed by atoms with Crippen molar-refractivity contribution in [3.8, 4) is 5.75 Å². The molecule has 2 nitrogen and oxygen atoms in total. The SMILES string of the molecule is BrCCOc1ccccc1.CCCCCCCCCCCCCCCCN(C)C. The van der Waals surface area contributed by atoms with Crippen LogP contribution in [-0.4, -0.2) is 37.5 Å². The average molecular weight is 471 g/mol. The highest BCUT2D eigenvalue weighted by Crippen LogP contribution is 2.13. The van der Waals surface area contributed by atoms with Crippen LogP contribution in [0.5, 0.6) is 5.75 Å². The Bertz CT molecular complexity index is 410. The van der Waals surface area contributed by atoms with Gasteiger partial charge in [0.2, 0.25) is 0 Å². The average Bonchev–Trinajstić information content (AvgIpc) is 2.73. The second-order valence-corrected chi connectivity index (χ2v) is 9.04. The van der Waals surface area contributed by atoms with Crippen LogP contribution in [0.4, 0.5) is 0 Å². The third-order valence-corrected chi connectivity index (χ3v) is 5.37. The predicted octanol–water partition coefficient (Wildman–Crippen LogP) is 8.49. The molecule has 1 rings (SSSR count). The minimum atomic E-state index is 0.726. The fraction of sp³-hybridized carbons (Fsp3) is 0.769. The molecule has 0 saturated carbocycles. The number of ether oxygens (including phenoxy) is 1. The Morgan fingerprint density at radius 1 is 0.690 bits per heavy atom. The van der Waals surface area contributed by atoms with Crippen molar-refractivity contribution in [1.29, 1.82) is 0 Å². The number of benzene rings is 1. The highest BCUT2D eigenvalue weighted by Gasteiger charge is 1.94. The Morgan fingerprint density at radius 2 is 1.14 bits per heavy atom. The number of hydrogen-bond acceptors (Lipinski definition) is 2. The second kappa shape index (κ2) is 23.7. The Labute approximate surface area is 190 Å². The lowest BCUT2D eigenvalue weighted by Crippen LogP contribution is -2.12. The first-order chi connectivity index (χ1) is 14.2. The van der Waals surface area contributed by atoms with Crippen LogP contribution in [0.3, 0.4) is 0 Å². The van der Waals surface area contributed by atoms with E-state index in [-0.39, 0.29) is 0 Å². The molecule has 29 heavy (non-hydrogen) atoms. The van der Waals surface area contributed by atoms with Gasteiger partial charge in [0.1, 0.15) is 5.75 Å². The summed E-state index contributed by atoms with van der Waals surface area (Å²) in [5, 5.41) is 0.877. The fourth-order valence-corrected chi connectivity index (χ4v) is 3.46. The molecule has 0 bridgehead atoms. The largest absolute Gasteiger partial charge is 0.493 e. The lowest BCUT2D eigenvalue weighted by Gasteiger charge is -2.08. The summed E-state index contributed by atoms with van der Waals surface area (Å²) in [5.74, 6) is 0.932. The molecule has 0 aliphatic heterocycles. The maximum Gasteiger partial charge on any atom is 0.119 e. The number of hydrogen-bond donors (Lipinski definition) is 0. The molecule has 170 valence electrons. The van der Waals surface area contributed by atoms with Crippen LogP contribution in [0, 0.1) is 0 Å². The van der Waals surface area contributed by atoms with Gasteiger partial charge in [-0.2, -0.15) is 0 Å². The number of alkyl halides is 1. The van der Waals surface area contributed by atoms with E-state index >= 15 is 0 Å². The van der Waals surface area contributed by atoms with Crippen LogP contribution in [0.15, 0.2) is 30.3 Å². The molecule has 0 heterocycles. The number of nitrogens with zero attached hydrogens (tertiary/aromatic N) is 1. The van der Waals surface area contributed by atoms with E-state index < -0.39 is 0 Å². The smallest absolute Gasteiger partial charge is 0.119 e. The van der Waals surface area contributed by atoms with Crippen LogP contribution < -0.4 is 4.74 Å². The van der Waals surface area contributed by atoms with E-state index in [0.717, 1.165) is 17.7 Å². The van der Waals surface area contributed by atoms with Gasteiger partial charge in [-0.3, -0.25) is 0 Å². The van der Waals surface area contributed by atoms with Gasteiger partial charge in [0.15, 0.2) is 0 Å². The van der Waals surface area contributed by atoms with Gasteiger partial charge < -0.3 is 9.64 Å². The molecule has 0 fully saturated rings. The summed E-state index contributed by atoms with van der Waals surface area (Å²) >= 11 is 3.28. The standard InChI is InChI=1S/C18H39N.C8H9BrO/c1-4-5-6-7-8-9-10-11-12-13-14-15-16-17-18-19(2)3;9-6-7-10-8-4-2-1-3-5-8/h4-18H2,1-3H3;1-5H,6-7H2. The maximum atomic E-state index is 5.31. The molecule has 3 heteroatoms. The zero-order valence-corrected chi connectivity index (χ0v) is 21.2. The van der Waals surface area contributed by atoms with Gasteiger partial charge in [-0.25, -0.2) is 0 Å². The monoisotopic (exact) mass is 469 g/mol. The van der Waals surface area contributed by atoms with Gasteiger partial charge in [-0.1, -0.05) is 125 Å². The Hall–Kier alpha value is -0.540. The van der Waals surface area contributed by atoms with E-state index in [1.165, 1.54) is 96.4 Å². The van der Waals surface area contributed by atoms with Crippen molar-refractivity contribution >= 4 is 15.9 Å². The van der Waals surface area contributed by atoms with E-state index in [2.05, 4.69) is 41.8 Å². The molecule has 0 N–H and O–H groups in total. The summed E-state index contributed by atoms with van der Waals surface area (Å²) in [6, 6.07) is 9.79. The van der Waals surface area contributed by atoms with Crippen LogP contribution in [0.25, 0.3) is 0 Å². The summed E-state index contributed by atoms with van der Waals surface area (Å²) in [6.07, 6.45) is 20.3. The van der Waals surface area contributed by atoms with Gasteiger partial charge in [0.25, 0.3) is 0 Å². The first-order valence-electron chi connectivity index (χ1n) is 12.1. The molecule has 0 amide bonds. The first-order valence-corrected chi connectivity index (χ1v) is 13.2. The summed E-state index contributed by atoms with van der Waals surface area (Å²) in [7, 11) is 4.34. The lowest BCUT2D eigenvalue weighted by molar-refractivity contribution is 0.345. The van der Waals surface area contributed by atoms with Crippen LogP contribution in [-0.2, 0) is 0 Å². The summed E-state index contributed by atoms with van der Waals surface area (Å²) in [4.78, 5) is 2.29. The Morgan fingerprint density at radius 3 is 1.55 bits per heavy atom. The van der Waals surface area contributed by atoms with Crippen molar-refractivity contribution in [3.63, 3.8) is 0 Å². The molecule has 0 aromatic heterocycles. The predicted molar refractivity (Wildman–Crippen MR) is 135 cm³/mol. The van der Waals surface area contributed by atoms with Gasteiger partial charge in [0.05, 0.1) is 6.61 Å². The minimum absolute atomic E-state index is 0.726. The molecule has 1 aromatic carbocycles. The molecule has 0 aliphatic rings. The van der Waals surface area contributed by atoms with Crippen molar-refractivity contribution in [2.75, 3.05) is 32.6 Å². The van der Waals surface area contributed by atoms with Crippen LogP contribution >= 0.6 is 15.9 Å². The van der Waals surface area contributed by atoms with E-state index in [1.807, 2.05) is 30.3 Å². The second-order valence-electron chi connectivity index (χ2n) is 8.25. The Balaban J connectivity index is 0.000000651. The summed E-state index contributed by atoms with van der Waals surface area (Å²) in [6.45, 7) is 4.28. The number of para-hydroxylation sites is 1. The maximum absolute atomic E-state index is 5.31. The zero-order valence-electron chi connectivity index (χ0n) is 19.6. The normalized spacial score (nSPS) is 10.7. The highest BCUT2D eigenvalue weighted by atomic mass is 79.9. The van der Waals surface area contributed by atoms with E-state index in [0.29, 0.717) is 0 Å². The van der Waals surface area contributed by atoms with Crippen molar-refractivity contribution in [2.24, 2.45) is 0 Å².